The van der Waals surface area contributed by atoms with Gasteiger partial charge in [-0.3, -0.25) is 0 Å². The molecule has 2 unspecified atom stereocenters. The minimum absolute atomic E-state index is 0.0350. The van der Waals surface area contributed by atoms with Gasteiger partial charge in [-0.25, -0.2) is 8.42 Å². The quantitative estimate of drug-likeness (QED) is 0.845. The molecule has 2 atom stereocenters. The molecule has 6 heteroatoms. The summed E-state index contributed by atoms with van der Waals surface area (Å²) in [5.74, 6) is 0.535. The third-order valence-corrected chi connectivity index (χ3v) is 5.64. The van der Waals surface area contributed by atoms with E-state index < -0.39 is 15.1 Å². The summed E-state index contributed by atoms with van der Waals surface area (Å²) < 4.78 is 35.2. The van der Waals surface area contributed by atoms with E-state index in [-0.39, 0.29) is 11.9 Å². The number of rotatable bonds is 4. The summed E-state index contributed by atoms with van der Waals surface area (Å²) in [6, 6.07) is 5.03. The summed E-state index contributed by atoms with van der Waals surface area (Å²) in [4.78, 5) is 0. The van der Waals surface area contributed by atoms with Gasteiger partial charge in [-0.1, -0.05) is 0 Å². The third-order valence-electron chi connectivity index (χ3n) is 3.36. The van der Waals surface area contributed by atoms with Crippen molar-refractivity contribution in [3.05, 3.63) is 23.8 Å². The average molecular weight is 285 g/mol. The number of anilines is 1. The van der Waals surface area contributed by atoms with Crippen LogP contribution >= 0.6 is 0 Å². The van der Waals surface area contributed by atoms with Crippen molar-refractivity contribution in [3.63, 3.8) is 0 Å². The highest BCUT2D eigenvalue weighted by Gasteiger charge is 2.35. The molecule has 0 bridgehead atoms. The molecule has 5 nitrogen and oxygen atoms in total. The van der Waals surface area contributed by atoms with Gasteiger partial charge in [0.1, 0.15) is 5.75 Å². The highest BCUT2D eigenvalue weighted by atomic mass is 32.2. The number of sulfone groups is 1. The van der Waals surface area contributed by atoms with Crippen molar-refractivity contribution in [3.8, 4) is 5.75 Å². The second-order valence-corrected chi connectivity index (χ2v) is 7.04. The molecule has 19 heavy (non-hydrogen) atoms. The molecule has 0 saturated carbocycles. The van der Waals surface area contributed by atoms with Crippen molar-refractivity contribution in [2.75, 3.05) is 19.5 Å². The second kappa shape index (κ2) is 5.38. The van der Waals surface area contributed by atoms with Gasteiger partial charge in [0.05, 0.1) is 24.2 Å². The van der Waals surface area contributed by atoms with E-state index in [1.54, 1.807) is 25.1 Å². The lowest BCUT2D eigenvalue weighted by Crippen LogP contribution is -2.29. The van der Waals surface area contributed by atoms with Crippen LogP contribution in [0.5, 0.6) is 5.75 Å². The fraction of sp³-hybridized carbons (Fsp3) is 0.538. The molecule has 2 rings (SSSR count). The summed E-state index contributed by atoms with van der Waals surface area (Å²) in [6.07, 6.45) is 0.316. The maximum atomic E-state index is 12.4. The molecule has 0 spiro atoms. The second-order valence-electron chi connectivity index (χ2n) is 4.82. The van der Waals surface area contributed by atoms with E-state index in [9.17, 15) is 8.42 Å². The van der Waals surface area contributed by atoms with Gasteiger partial charge in [-0.15, -0.1) is 0 Å². The van der Waals surface area contributed by atoms with Crippen LogP contribution in [-0.4, -0.2) is 33.5 Å². The van der Waals surface area contributed by atoms with Crippen molar-refractivity contribution in [2.45, 2.75) is 30.5 Å². The number of hydrogen-bond donors (Lipinski definition) is 1. The maximum Gasteiger partial charge on any atom is 0.159 e. The van der Waals surface area contributed by atoms with Gasteiger partial charge in [0.25, 0.3) is 0 Å². The smallest absolute Gasteiger partial charge is 0.159 e. The van der Waals surface area contributed by atoms with Crippen molar-refractivity contribution in [1.29, 1.82) is 0 Å². The van der Waals surface area contributed by atoms with Crippen LogP contribution in [0.2, 0.25) is 0 Å². The Morgan fingerprint density at radius 2 is 2.16 bits per heavy atom. The van der Waals surface area contributed by atoms with Crippen molar-refractivity contribution >= 4 is 15.5 Å². The van der Waals surface area contributed by atoms with Gasteiger partial charge in [-0.2, -0.15) is 0 Å². The summed E-state index contributed by atoms with van der Waals surface area (Å²) in [5, 5.41) is -0.431. The number of methoxy groups -OCH3 is 1. The molecule has 106 valence electrons. The van der Waals surface area contributed by atoms with E-state index in [0.717, 1.165) is 0 Å². The molecule has 1 saturated heterocycles. The lowest BCUT2D eigenvalue weighted by molar-refractivity contribution is 0.126. The Morgan fingerprint density at radius 3 is 2.74 bits per heavy atom. The first-order valence-corrected chi connectivity index (χ1v) is 7.90. The predicted molar refractivity (Wildman–Crippen MR) is 73.8 cm³/mol. The van der Waals surface area contributed by atoms with E-state index in [1.807, 2.05) is 0 Å². The largest absolute Gasteiger partial charge is 0.497 e. The average Bonchev–Trinajstić information content (AvgIpc) is 2.74. The van der Waals surface area contributed by atoms with Crippen LogP contribution < -0.4 is 10.5 Å². The molecule has 0 radical (unpaired) electrons. The summed E-state index contributed by atoms with van der Waals surface area (Å²) >= 11 is 0. The van der Waals surface area contributed by atoms with Gasteiger partial charge >= 0.3 is 0 Å². The fourth-order valence-corrected chi connectivity index (χ4v) is 4.37. The van der Waals surface area contributed by atoms with Crippen molar-refractivity contribution in [1.82, 2.24) is 0 Å². The molecule has 1 fully saturated rings. The molecule has 2 N–H and O–H groups in total. The first kappa shape index (κ1) is 14.1. The molecule has 0 aliphatic carbocycles. The number of nitrogens with two attached hydrogens (primary N) is 1. The zero-order valence-electron chi connectivity index (χ0n) is 11.1. The number of hydrogen-bond acceptors (Lipinski definition) is 5. The number of ether oxygens (including phenoxy) is 2. The molecule has 1 heterocycles. The monoisotopic (exact) mass is 285 g/mol. The Kier molecular flexibility index (Phi) is 4.01. The van der Waals surface area contributed by atoms with E-state index in [1.165, 1.54) is 7.11 Å². The van der Waals surface area contributed by atoms with Crippen LogP contribution in [-0.2, 0) is 20.3 Å². The van der Waals surface area contributed by atoms with Crippen LogP contribution in [0.15, 0.2) is 18.2 Å². The van der Waals surface area contributed by atoms with E-state index in [2.05, 4.69) is 0 Å². The van der Waals surface area contributed by atoms with Crippen LogP contribution in [0.4, 0.5) is 5.69 Å². The van der Waals surface area contributed by atoms with Gasteiger partial charge in [0.15, 0.2) is 9.84 Å². The van der Waals surface area contributed by atoms with Gasteiger partial charge in [0.2, 0.25) is 0 Å². The van der Waals surface area contributed by atoms with Crippen LogP contribution in [0.3, 0.4) is 0 Å². The summed E-state index contributed by atoms with van der Waals surface area (Å²) in [5.41, 5.74) is 6.88. The first-order chi connectivity index (χ1) is 8.92. The van der Waals surface area contributed by atoms with Crippen LogP contribution in [0.1, 0.15) is 18.9 Å². The normalized spacial score (nSPS) is 23.5. The van der Waals surface area contributed by atoms with Gasteiger partial charge < -0.3 is 15.2 Å². The Balaban J connectivity index is 2.22. The lowest BCUT2D eigenvalue weighted by Gasteiger charge is -2.15. The zero-order valence-corrected chi connectivity index (χ0v) is 11.9. The SMILES string of the molecule is COc1cc(N)cc(CS(=O)(=O)C2CCOC2C)c1. The fourth-order valence-electron chi connectivity index (χ4n) is 2.41. The number of benzene rings is 1. The van der Waals surface area contributed by atoms with Crippen molar-refractivity contribution in [2.24, 2.45) is 0 Å². The summed E-state index contributed by atoms with van der Waals surface area (Å²) in [6.45, 7) is 2.31. The Hall–Kier alpha value is -1.27. The highest BCUT2D eigenvalue weighted by molar-refractivity contribution is 7.91. The van der Waals surface area contributed by atoms with Gasteiger partial charge in [0, 0.05) is 18.4 Å². The minimum Gasteiger partial charge on any atom is -0.497 e. The molecule has 1 aliphatic rings. The standard InChI is InChI=1S/C13H19NO4S/c1-9-13(3-4-18-9)19(15,16)8-10-5-11(14)7-12(6-10)17-2/h5-7,9,13H,3-4,8,14H2,1-2H3. The van der Waals surface area contributed by atoms with Crippen LogP contribution in [0.25, 0.3) is 0 Å². The Morgan fingerprint density at radius 1 is 1.42 bits per heavy atom. The highest BCUT2D eigenvalue weighted by Crippen LogP contribution is 2.26. The molecule has 0 aromatic heterocycles. The van der Waals surface area contributed by atoms with Crippen LogP contribution in [0, 0.1) is 0 Å². The molecular formula is C13H19NO4S. The molecular weight excluding hydrogens is 266 g/mol. The molecule has 0 amide bonds. The number of nitrogen functional groups attached to an aromatic ring is 1. The molecule has 1 aliphatic heterocycles. The zero-order chi connectivity index (χ0) is 14.0. The molecule has 1 aromatic carbocycles. The van der Waals surface area contributed by atoms with Gasteiger partial charge in [-0.05, 0) is 31.0 Å². The Labute approximate surface area is 113 Å². The maximum absolute atomic E-state index is 12.4. The summed E-state index contributed by atoms with van der Waals surface area (Å²) in [7, 11) is -1.71. The minimum atomic E-state index is -3.24. The first-order valence-electron chi connectivity index (χ1n) is 6.19. The lowest BCUT2D eigenvalue weighted by atomic mass is 10.2. The topological polar surface area (TPSA) is 78.6 Å². The molecule has 1 aromatic rings. The van der Waals surface area contributed by atoms with E-state index in [4.69, 9.17) is 15.2 Å². The third kappa shape index (κ3) is 3.19. The predicted octanol–water partition coefficient (Wildman–Crippen LogP) is 1.37. The Bertz CT molecular complexity index is 556. The van der Waals surface area contributed by atoms with E-state index >= 15 is 0 Å². The van der Waals surface area contributed by atoms with Crippen molar-refractivity contribution < 1.29 is 17.9 Å². The van der Waals surface area contributed by atoms with E-state index in [0.29, 0.717) is 30.0 Å².